The van der Waals surface area contributed by atoms with E-state index >= 15 is 0 Å². The molecule has 0 saturated heterocycles. The van der Waals surface area contributed by atoms with Crippen molar-refractivity contribution >= 4 is 32.9 Å². The minimum atomic E-state index is -3.44. The zero-order chi connectivity index (χ0) is 15.2. The lowest BCUT2D eigenvalue weighted by Gasteiger charge is -2.19. The molecule has 0 spiro atoms. The van der Waals surface area contributed by atoms with E-state index in [0.717, 1.165) is 17.9 Å². The number of aromatic nitrogens is 2. The monoisotopic (exact) mass is 327 g/mol. The summed E-state index contributed by atoms with van der Waals surface area (Å²) in [5.41, 5.74) is 1.04. The first-order valence-electron chi connectivity index (χ1n) is 6.14. The van der Waals surface area contributed by atoms with Crippen molar-refractivity contribution in [2.75, 3.05) is 17.7 Å². The third kappa shape index (κ3) is 2.47. The van der Waals surface area contributed by atoms with E-state index in [4.69, 9.17) is 11.6 Å². The summed E-state index contributed by atoms with van der Waals surface area (Å²) in [6.45, 7) is 0.517. The first kappa shape index (κ1) is 14.2. The van der Waals surface area contributed by atoms with Crippen LogP contribution < -0.4 is 4.90 Å². The van der Waals surface area contributed by atoms with E-state index in [-0.39, 0.29) is 10.6 Å². The van der Waals surface area contributed by atoms with Gasteiger partial charge in [-0.2, -0.15) is 0 Å². The van der Waals surface area contributed by atoms with Crippen molar-refractivity contribution in [2.45, 2.75) is 11.3 Å². The molecule has 5 nitrogen and oxygen atoms in total. The summed E-state index contributed by atoms with van der Waals surface area (Å²) in [7, 11) is -3.44. The van der Waals surface area contributed by atoms with Crippen molar-refractivity contribution < 1.29 is 12.8 Å². The van der Waals surface area contributed by atoms with Crippen LogP contribution in [-0.2, 0) is 16.3 Å². The highest BCUT2D eigenvalue weighted by Crippen LogP contribution is 2.36. The van der Waals surface area contributed by atoms with Crippen LogP contribution in [0.25, 0.3) is 0 Å². The number of benzene rings is 1. The molecule has 1 aliphatic rings. The Labute approximate surface area is 126 Å². The Morgan fingerprint density at radius 1 is 1.33 bits per heavy atom. The van der Waals surface area contributed by atoms with E-state index in [0.29, 0.717) is 23.9 Å². The SMILES string of the molecule is CS(=O)(=O)c1ccc(N2CCc3c(Cl)ncnc32)c(F)c1. The van der Waals surface area contributed by atoms with Gasteiger partial charge in [-0.25, -0.2) is 22.8 Å². The minimum absolute atomic E-state index is 0.0520. The number of nitrogens with zero attached hydrogens (tertiary/aromatic N) is 3. The zero-order valence-corrected chi connectivity index (χ0v) is 12.6. The van der Waals surface area contributed by atoms with Crippen LogP contribution in [0.5, 0.6) is 0 Å². The van der Waals surface area contributed by atoms with E-state index < -0.39 is 15.7 Å². The molecule has 0 radical (unpaired) electrons. The summed E-state index contributed by atoms with van der Waals surface area (Å²) in [5.74, 6) is -0.0542. The third-order valence-electron chi connectivity index (χ3n) is 3.35. The molecule has 1 aromatic carbocycles. The summed E-state index contributed by atoms with van der Waals surface area (Å²) in [6.07, 6.45) is 2.98. The smallest absolute Gasteiger partial charge is 0.175 e. The summed E-state index contributed by atoms with van der Waals surface area (Å²) >= 11 is 6.00. The van der Waals surface area contributed by atoms with Crippen LogP contribution in [-0.4, -0.2) is 31.2 Å². The van der Waals surface area contributed by atoms with E-state index in [1.165, 1.54) is 18.5 Å². The largest absolute Gasteiger partial charge is 0.323 e. The molecule has 1 aromatic heterocycles. The predicted octanol–water partition coefficient (Wildman–Crippen LogP) is 2.37. The van der Waals surface area contributed by atoms with Crippen LogP contribution in [0, 0.1) is 5.82 Å². The molecule has 0 N–H and O–H groups in total. The number of rotatable bonds is 2. The highest BCUT2D eigenvalue weighted by Gasteiger charge is 2.27. The standard InChI is InChI=1S/C13H11ClFN3O2S/c1-21(19,20)8-2-3-11(10(15)6-8)18-5-4-9-12(14)16-7-17-13(9)18/h2-3,6-7H,4-5H2,1H3. The Morgan fingerprint density at radius 3 is 2.76 bits per heavy atom. The molecule has 1 aliphatic heterocycles. The summed E-state index contributed by atoms with van der Waals surface area (Å²) in [5, 5.41) is 0.357. The van der Waals surface area contributed by atoms with Crippen molar-refractivity contribution in [1.82, 2.24) is 9.97 Å². The molecule has 21 heavy (non-hydrogen) atoms. The Balaban J connectivity index is 2.07. The third-order valence-corrected chi connectivity index (χ3v) is 4.79. The highest BCUT2D eigenvalue weighted by atomic mass is 35.5. The number of hydrogen-bond donors (Lipinski definition) is 0. The van der Waals surface area contributed by atoms with Gasteiger partial charge in [0, 0.05) is 18.4 Å². The van der Waals surface area contributed by atoms with Crippen LogP contribution in [0.2, 0.25) is 5.15 Å². The Morgan fingerprint density at radius 2 is 2.10 bits per heavy atom. The van der Waals surface area contributed by atoms with E-state index in [1.54, 1.807) is 4.90 Å². The molecule has 0 aliphatic carbocycles. The van der Waals surface area contributed by atoms with E-state index in [2.05, 4.69) is 9.97 Å². The van der Waals surface area contributed by atoms with Crippen LogP contribution in [0.1, 0.15) is 5.56 Å². The van der Waals surface area contributed by atoms with Gasteiger partial charge in [0.1, 0.15) is 23.1 Å². The molecule has 0 fully saturated rings. The maximum absolute atomic E-state index is 14.2. The van der Waals surface area contributed by atoms with Gasteiger partial charge in [-0.15, -0.1) is 0 Å². The highest BCUT2D eigenvalue weighted by molar-refractivity contribution is 7.90. The molecule has 0 bridgehead atoms. The first-order valence-corrected chi connectivity index (χ1v) is 8.41. The Kier molecular flexibility index (Phi) is 3.33. The van der Waals surface area contributed by atoms with Gasteiger partial charge >= 0.3 is 0 Å². The molecule has 110 valence electrons. The van der Waals surface area contributed by atoms with Gasteiger partial charge in [-0.3, -0.25) is 0 Å². The molecular weight excluding hydrogens is 317 g/mol. The lowest BCUT2D eigenvalue weighted by atomic mass is 10.3. The quantitative estimate of drug-likeness (QED) is 0.792. The van der Waals surface area contributed by atoms with Gasteiger partial charge in [0.15, 0.2) is 9.84 Å². The summed E-state index contributed by atoms with van der Waals surface area (Å²) in [6, 6.07) is 3.84. The summed E-state index contributed by atoms with van der Waals surface area (Å²) in [4.78, 5) is 9.66. The van der Waals surface area contributed by atoms with Crippen molar-refractivity contribution in [3.05, 3.63) is 41.1 Å². The lowest BCUT2D eigenvalue weighted by Crippen LogP contribution is -2.16. The van der Waals surface area contributed by atoms with Crippen LogP contribution >= 0.6 is 11.6 Å². The number of fused-ring (bicyclic) bond motifs is 1. The zero-order valence-electron chi connectivity index (χ0n) is 11.0. The first-order chi connectivity index (χ1) is 9.88. The van der Waals surface area contributed by atoms with Crippen molar-refractivity contribution in [3.8, 4) is 0 Å². The fourth-order valence-electron chi connectivity index (χ4n) is 2.33. The van der Waals surface area contributed by atoms with Crippen molar-refractivity contribution in [2.24, 2.45) is 0 Å². The normalized spacial score (nSPS) is 14.3. The Hall–Kier alpha value is -1.73. The topological polar surface area (TPSA) is 63.2 Å². The second-order valence-corrected chi connectivity index (χ2v) is 7.13. The number of sulfone groups is 1. The second-order valence-electron chi connectivity index (χ2n) is 4.75. The van der Waals surface area contributed by atoms with E-state index in [9.17, 15) is 12.8 Å². The van der Waals surface area contributed by atoms with Crippen LogP contribution in [0.3, 0.4) is 0 Å². The molecular formula is C13H11ClFN3O2S. The number of hydrogen-bond acceptors (Lipinski definition) is 5. The van der Waals surface area contributed by atoms with E-state index in [1.807, 2.05) is 0 Å². The van der Waals surface area contributed by atoms with Gasteiger partial charge in [0.25, 0.3) is 0 Å². The average molecular weight is 328 g/mol. The second kappa shape index (κ2) is 4.92. The average Bonchev–Trinajstić information content (AvgIpc) is 2.83. The lowest BCUT2D eigenvalue weighted by molar-refractivity contribution is 0.595. The van der Waals surface area contributed by atoms with Crippen LogP contribution in [0.4, 0.5) is 15.9 Å². The number of halogens is 2. The fourth-order valence-corrected chi connectivity index (χ4v) is 3.19. The van der Waals surface area contributed by atoms with Crippen molar-refractivity contribution in [1.29, 1.82) is 0 Å². The maximum atomic E-state index is 14.2. The van der Waals surface area contributed by atoms with Gasteiger partial charge in [-0.1, -0.05) is 11.6 Å². The predicted molar refractivity (Wildman–Crippen MR) is 77.3 cm³/mol. The van der Waals surface area contributed by atoms with Crippen molar-refractivity contribution in [3.63, 3.8) is 0 Å². The molecule has 0 saturated carbocycles. The molecule has 8 heteroatoms. The Bertz CT molecular complexity index is 826. The molecule has 2 heterocycles. The molecule has 3 rings (SSSR count). The molecule has 2 aromatic rings. The fraction of sp³-hybridized carbons (Fsp3) is 0.231. The molecule has 0 amide bonds. The number of anilines is 2. The van der Waals surface area contributed by atoms with Gasteiger partial charge < -0.3 is 4.90 Å². The summed E-state index contributed by atoms with van der Waals surface area (Å²) < 4.78 is 37.1. The maximum Gasteiger partial charge on any atom is 0.175 e. The van der Waals surface area contributed by atoms with Crippen LogP contribution in [0.15, 0.2) is 29.4 Å². The van der Waals surface area contributed by atoms with Gasteiger partial charge in [0.05, 0.1) is 10.6 Å². The van der Waals surface area contributed by atoms with Gasteiger partial charge in [0.2, 0.25) is 0 Å². The molecule has 0 atom stereocenters. The van der Waals surface area contributed by atoms with Gasteiger partial charge in [-0.05, 0) is 24.6 Å². The minimum Gasteiger partial charge on any atom is -0.323 e. The molecule has 0 unspecified atom stereocenters.